The first kappa shape index (κ1) is 8.67. The smallest absolute Gasteiger partial charge is 0.123 e. The second kappa shape index (κ2) is 3.82. The minimum atomic E-state index is 0.865. The number of aryl methyl sites for hydroxylation is 1. The summed E-state index contributed by atoms with van der Waals surface area (Å²) in [4.78, 5) is 0. The van der Waals surface area contributed by atoms with Gasteiger partial charge in [-0.05, 0) is 24.1 Å². The zero-order valence-electron chi connectivity index (χ0n) is 7.42. The maximum atomic E-state index is 5.26. The van der Waals surface area contributed by atoms with Gasteiger partial charge in [0.1, 0.15) is 5.75 Å². The molecule has 12 heavy (non-hydrogen) atoms. The van der Waals surface area contributed by atoms with Crippen molar-refractivity contribution in [1.82, 2.24) is 0 Å². The fraction of sp³-hybridized carbons (Fsp3) is 0.273. The molecule has 0 unspecified atom stereocenters. The monoisotopic (exact) mass is 160 g/mol. The molecule has 0 aliphatic heterocycles. The molecule has 0 atom stereocenters. The van der Waals surface area contributed by atoms with Crippen LogP contribution in [-0.2, 0) is 6.42 Å². The molecule has 0 radical (unpaired) electrons. The lowest BCUT2D eigenvalue weighted by atomic mass is 10.1. The van der Waals surface area contributed by atoms with E-state index in [0.717, 1.165) is 17.7 Å². The minimum absolute atomic E-state index is 0.865. The quantitative estimate of drug-likeness (QED) is 0.603. The van der Waals surface area contributed by atoms with E-state index in [1.165, 1.54) is 5.56 Å². The first-order valence-corrected chi connectivity index (χ1v) is 3.95. The van der Waals surface area contributed by atoms with Gasteiger partial charge < -0.3 is 4.74 Å². The molecule has 0 N–H and O–H groups in total. The third-order valence-corrected chi connectivity index (χ3v) is 1.83. The van der Waals surface area contributed by atoms with Gasteiger partial charge in [-0.2, -0.15) is 0 Å². The van der Waals surface area contributed by atoms with Gasteiger partial charge in [0.15, 0.2) is 0 Å². The number of methoxy groups -OCH3 is 1. The highest BCUT2D eigenvalue weighted by atomic mass is 16.5. The third kappa shape index (κ3) is 1.60. The molecule has 0 fully saturated rings. The molecule has 1 heteroatoms. The normalized spacial score (nSPS) is 9.08. The number of benzene rings is 1. The lowest BCUT2D eigenvalue weighted by molar-refractivity contribution is 0.410. The van der Waals surface area contributed by atoms with E-state index in [2.05, 4.69) is 12.8 Å². The molecule has 0 bridgehead atoms. The van der Waals surface area contributed by atoms with Crippen LogP contribution in [0, 0.1) is 12.3 Å². The Bertz CT molecular complexity index is 307. The zero-order valence-corrected chi connectivity index (χ0v) is 7.42. The molecule has 0 aromatic heterocycles. The Hall–Kier alpha value is -1.42. The van der Waals surface area contributed by atoms with Gasteiger partial charge in [-0.1, -0.05) is 18.9 Å². The highest BCUT2D eigenvalue weighted by Crippen LogP contribution is 2.19. The fourth-order valence-electron chi connectivity index (χ4n) is 1.13. The van der Waals surface area contributed by atoms with E-state index >= 15 is 0 Å². The molecule has 62 valence electrons. The average molecular weight is 160 g/mol. The summed E-state index contributed by atoms with van der Waals surface area (Å²) in [6.45, 7) is 2.09. The minimum Gasteiger partial charge on any atom is -0.496 e. The Morgan fingerprint density at radius 3 is 2.75 bits per heavy atom. The van der Waals surface area contributed by atoms with Crippen LogP contribution in [0.4, 0.5) is 0 Å². The Morgan fingerprint density at radius 2 is 2.25 bits per heavy atom. The lowest BCUT2D eigenvalue weighted by Crippen LogP contribution is -1.90. The van der Waals surface area contributed by atoms with Gasteiger partial charge in [0, 0.05) is 5.56 Å². The number of hydrogen-bond donors (Lipinski definition) is 0. The molecule has 0 saturated heterocycles. The Labute approximate surface area is 73.4 Å². The second-order valence-corrected chi connectivity index (χ2v) is 2.52. The van der Waals surface area contributed by atoms with Crippen molar-refractivity contribution in [3.05, 3.63) is 29.3 Å². The van der Waals surface area contributed by atoms with E-state index in [9.17, 15) is 0 Å². The van der Waals surface area contributed by atoms with E-state index < -0.39 is 0 Å². The average Bonchev–Trinajstić information content (AvgIpc) is 2.16. The van der Waals surface area contributed by atoms with E-state index in [1.807, 2.05) is 18.2 Å². The van der Waals surface area contributed by atoms with Crippen molar-refractivity contribution in [2.24, 2.45) is 0 Å². The molecule has 0 amide bonds. The van der Waals surface area contributed by atoms with Crippen LogP contribution in [0.3, 0.4) is 0 Å². The first-order valence-electron chi connectivity index (χ1n) is 3.95. The molecule has 0 aliphatic carbocycles. The molecule has 1 nitrogen and oxygen atoms in total. The van der Waals surface area contributed by atoms with Crippen LogP contribution < -0.4 is 4.74 Å². The summed E-state index contributed by atoms with van der Waals surface area (Å²) in [7, 11) is 1.66. The Morgan fingerprint density at radius 1 is 1.50 bits per heavy atom. The molecule has 0 heterocycles. The summed E-state index contributed by atoms with van der Waals surface area (Å²) in [5.74, 6) is 3.46. The number of terminal acetylenes is 1. The van der Waals surface area contributed by atoms with Crippen molar-refractivity contribution in [3.8, 4) is 18.1 Å². The van der Waals surface area contributed by atoms with Crippen molar-refractivity contribution < 1.29 is 4.74 Å². The molecule has 0 saturated carbocycles. The lowest BCUT2D eigenvalue weighted by Gasteiger charge is -2.05. The summed E-state index contributed by atoms with van der Waals surface area (Å²) in [5.41, 5.74) is 2.06. The van der Waals surface area contributed by atoms with E-state index in [0.29, 0.717) is 0 Å². The van der Waals surface area contributed by atoms with Crippen LogP contribution >= 0.6 is 0 Å². The van der Waals surface area contributed by atoms with Crippen LogP contribution in [0.15, 0.2) is 18.2 Å². The van der Waals surface area contributed by atoms with Crippen molar-refractivity contribution in [1.29, 1.82) is 0 Å². The van der Waals surface area contributed by atoms with Crippen molar-refractivity contribution >= 4 is 0 Å². The van der Waals surface area contributed by atoms with Gasteiger partial charge in [0.05, 0.1) is 7.11 Å². The molecule has 1 aromatic rings. The van der Waals surface area contributed by atoms with E-state index in [1.54, 1.807) is 7.11 Å². The standard InChI is InChI=1S/C11H12O/c1-4-9-6-7-10(5-2)11(8-9)12-3/h1,6-8H,5H2,2-3H3. The third-order valence-electron chi connectivity index (χ3n) is 1.83. The van der Waals surface area contributed by atoms with Gasteiger partial charge >= 0.3 is 0 Å². The molecular weight excluding hydrogens is 148 g/mol. The largest absolute Gasteiger partial charge is 0.496 e. The predicted molar refractivity (Wildman–Crippen MR) is 50.3 cm³/mol. The maximum absolute atomic E-state index is 5.26. The van der Waals surface area contributed by atoms with Crippen molar-refractivity contribution in [2.45, 2.75) is 13.3 Å². The molecular formula is C11H12O. The van der Waals surface area contributed by atoms with Crippen molar-refractivity contribution in [3.63, 3.8) is 0 Å². The summed E-state index contributed by atoms with van der Waals surface area (Å²) in [5, 5.41) is 0. The molecule has 0 spiro atoms. The van der Waals surface area contributed by atoms with Gasteiger partial charge in [0.2, 0.25) is 0 Å². The highest BCUT2D eigenvalue weighted by molar-refractivity contribution is 5.43. The SMILES string of the molecule is C#Cc1ccc(CC)c(OC)c1. The van der Waals surface area contributed by atoms with Crippen molar-refractivity contribution in [2.75, 3.05) is 7.11 Å². The number of rotatable bonds is 2. The summed E-state index contributed by atoms with van der Waals surface area (Å²) >= 11 is 0. The fourth-order valence-corrected chi connectivity index (χ4v) is 1.13. The Balaban J connectivity index is 3.13. The second-order valence-electron chi connectivity index (χ2n) is 2.52. The van der Waals surface area contributed by atoms with E-state index in [-0.39, 0.29) is 0 Å². The number of ether oxygens (including phenoxy) is 1. The summed E-state index contributed by atoms with van der Waals surface area (Å²) in [6, 6.07) is 5.83. The highest BCUT2D eigenvalue weighted by Gasteiger charge is 2.00. The molecule has 0 aliphatic rings. The summed E-state index contributed by atoms with van der Waals surface area (Å²) < 4.78 is 5.18. The first-order chi connectivity index (χ1) is 5.81. The van der Waals surface area contributed by atoms with Gasteiger partial charge in [-0.25, -0.2) is 0 Å². The summed E-state index contributed by atoms with van der Waals surface area (Å²) in [6.07, 6.45) is 6.23. The topological polar surface area (TPSA) is 9.23 Å². The van der Waals surface area contributed by atoms with Crippen LogP contribution in [0.2, 0.25) is 0 Å². The van der Waals surface area contributed by atoms with Crippen LogP contribution in [0.1, 0.15) is 18.1 Å². The molecule has 1 aromatic carbocycles. The van der Waals surface area contributed by atoms with Gasteiger partial charge in [-0.15, -0.1) is 6.42 Å². The van der Waals surface area contributed by atoms with Crippen LogP contribution in [0.25, 0.3) is 0 Å². The zero-order chi connectivity index (χ0) is 8.97. The van der Waals surface area contributed by atoms with Crippen LogP contribution in [-0.4, -0.2) is 7.11 Å². The Kier molecular flexibility index (Phi) is 2.76. The molecule has 1 rings (SSSR count). The van der Waals surface area contributed by atoms with E-state index in [4.69, 9.17) is 11.2 Å². The van der Waals surface area contributed by atoms with Crippen LogP contribution in [0.5, 0.6) is 5.75 Å². The number of hydrogen-bond acceptors (Lipinski definition) is 1. The predicted octanol–water partition coefficient (Wildman–Crippen LogP) is 2.24. The van der Waals surface area contributed by atoms with Gasteiger partial charge in [-0.3, -0.25) is 0 Å². The maximum Gasteiger partial charge on any atom is 0.123 e. The van der Waals surface area contributed by atoms with Gasteiger partial charge in [0.25, 0.3) is 0 Å².